The van der Waals surface area contributed by atoms with Crippen LogP contribution >= 0.6 is 0 Å². The smallest absolute Gasteiger partial charge is 0.255 e. The summed E-state index contributed by atoms with van der Waals surface area (Å²) in [6.45, 7) is 3.35. The highest BCUT2D eigenvalue weighted by atomic mass is 16.5. The average Bonchev–Trinajstić information content (AvgIpc) is 3.17. The molecular formula is C24H31N3O2. The van der Waals surface area contributed by atoms with Crippen molar-refractivity contribution in [2.45, 2.75) is 44.6 Å². The van der Waals surface area contributed by atoms with Crippen molar-refractivity contribution in [3.63, 3.8) is 0 Å². The van der Waals surface area contributed by atoms with E-state index in [9.17, 15) is 4.79 Å². The highest BCUT2D eigenvalue weighted by Crippen LogP contribution is 2.27. The molecule has 1 aliphatic carbocycles. The van der Waals surface area contributed by atoms with Gasteiger partial charge in [-0.25, -0.2) is 0 Å². The molecule has 1 atom stereocenters. The van der Waals surface area contributed by atoms with Gasteiger partial charge in [-0.15, -0.1) is 0 Å². The number of benzene rings is 2. The number of hydrogen-bond donors (Lipinski definition) is 2. The van der Waals surface area contributed by atoms with Crippen LogP contribution in [0.1, 0.15) is 48.9 Å². The average molecular weight is 394 g/mol. The molecule has 0 bridgehead atoms. The van der Waals surface area contributed by atoms with E-state index in [0.29, 0.717) is 16.9 Å². The van der Waals surface area contributed by atoms with E-state index in [0.717, 1.165) is 31.2 Å². The summed E-state index contributed by atoms with van der Waals surface area (Å²) in [7, 11) is 0. The zero-order valence-corrected chi connectivity index (χ0v) is 17.0. The maximum Gasteiger partial charge on any atom is 0.255 e. The van der Waals surface area contributed by atoms with E-state index >= 15 is 0 Å². The third-order valence-corrected chi connectivity index (χ3v) is 6.10. The molecule has 4 rings (SSSR count). The summed E-state index contributed by atoms with van der Waals surface area (Å²) in [6, 6.07) is 14.6. The van der Waals surface area contributed by atoms with Gasteiger partial charge in [0.05, 0.1) is 11.4 Å². The fraction of sp³-hybridized carbons (Fsp3) is 0.458. The van der Waals surface area contributed by atoms with Crippen LogP contribution in [0.5, 0.6) is 5.75 Å². The Morgan fingerprint density at radius 3 is 2.55 bits per heavy atom. The predicted molar refractivity (Wildman–Crippen MR) is 117 cm³/mol. The third-order valence-electron chi connectivity index (χ3n) is 6.10. The lowest BCUT2D eigenvalue weighted by Crippen LogP contribution is -2.30. The molecule has 2 aliphatic rings. The first-order valence-electron chi connectivity index (χ1n) is 10.8. The summed E-state index contributed by atoms with van der Waals surface area (Å²) in [6.07, 6.45) is 8.30. The number of likely N-dealkylation sites (tertiary alicyclic amines) is 1. The molecule has 0 spiro atoms. The molecule has 1 amide bonds. The van der Waals surface area contributed by atoms with Crippen LogP contribution in [0.4, 0.5) is 11.4 Å². The van der Waals surface area contributed by atoms with E-state index in [1.807, 2.05) is 24.3 Å². The van der Waals surface area contributed by atoms with Crippen LogP contribution in [0.25, 0.3) is 0 Å². The van der Waals surface area contributed by atoms with E-state index in [1.165, 1.54) is 38.6 Å². The number of nitrogen functional groups attached to an aromatic ring is 1. The fourth-order valence-electron chi connectivity index (χ4n) is 4.48. The van der Waals surface area contributed by atoms with E-state index in [-0.39, 0.29) is 12.0 Å². The van der Waals surface area contributed by atoms with Crippen LogP contribution in [-0.2, 0) is 0 Å². The zero-order chi connectivity index (χ0) is 20.1. The SMILES string of the molecule is Nc1ccccc1NC(=O)c1ccc(O[C@H]2CCN(CC3CCCCC3)C2)cc1. The van der Waals surface area contributed by atoms with Crippen molar-refractivity contribution in [1.82, 2.24) is 4.90 Å². The first-order valence-corrected chi connectivity index (χ1v) is 10.8. The Morgan fingerprint density at radius 2 is 1.79 bits per heavy atom. The first kappa shape index (κ1) is 19.8. The number of nitrogens with zero attached hydrogens (tertiary/aromatic N) is 1. The van der Waals surface area contributed by atoms with Gasteiger partial charge in [-0.2, -0.15) is 0 Å². The van der Waals surface area contributed by atoms with E-state index in [2.05, 4.69) is 10.2 Å². The zero-order valence-electron chi connectivity index (χ0n) is 17.0. The van der Waals surface area contributed by atoms with Crippen LogP contribution in [0.2, 0.25) is 0 Å². The van der Waals surface area contributed by atoms with Gasteiger partial charge < -0.3 is 15.8 Å². The van der Waals surface area contributed by atoms with Gasteiger partial charge in [-0.3, -0.25) is 9.69 Å². The second kappa shape index (κ2) is 9.31. The molecule has 154 valence electrons. The minimum Gasteiger partial charge on any atom is -0.489 e. The number of carbonyl (C=O) groups is 1. The normalized spacial score (nSPS) is 20.5. The van der Waals surface area contributed by atoms with Crippen LogP contribution in [0.15, 0.2) is 48.5 Å². The summed E-state index contributed by atoms with van der Waals surface area (Å²) in [4.78, 5) is 15.0. The topological polar surface area (TPSA) is 67.6 Å². The molecule has 2 aromatic rings. The van der Waals surface area contributed by atoms with E-state index < -0.39 is 0 Å². The number of nitrogens with one attached hydrogen (secondary N) is 1. The number of para-hydroxylation sites is 2. The van der Waals surface area contributed by atoms with Crippen molar-refractivity contribution in [2.75, 3.05) is 30.7 Å². The monoisotopic (exact) mass is 393 g/mol. The van der Waals surface area contributed by atoms with Crippen molar-refractivity contribution in [3.05, 3.63) is 54.1 Å². The Hall–Kier alpha value is -2.53. The lowest BCUT2D eigenvalue weighted by atomic mass is 9.89. The number of ether oxygens (including phenoxy) is 1. The van der Waals surface area contributed by atoms with E-state index in [1.54, 1.807) is 24.3 Å². The van der Waals surface area contributed by atoms with Crippen LogP contribution < -0.4 is 15.8 Å². The molecule has 2 fully saturated rings. The number of anilines is 2. The molecule has 0 aromatic heterocycles. The molecule has 1 saturated carbocycles. The van der Waals surface area contributed by atoms with Gasteiger partial charge in [0.1, 0.15) is 11.9 Å². The lowest BCUT2D eigenvalue weighted by Gasteiger charge is -2.26. The highest BCUT2D eigenvalue weighted by molar-refractivity contribution is 6.05. The molecule has 1 aliphatic heterocycles. The highest BCUT2D eigenvalue weighted by Gasteiger charge is 2.26. The lowest BCUT2D eigenvalue weighted by molar-refractivity contribution is 0.102. The Morgan fingerprint density at radius 1 is 1.03 bits per heavy atom. The summed E-state index contributed by atoms with van der Waals surface area (Å²) in [5.74, 6) is 1.53. The third kappa shape index (κ3) is 5.30. The van der Waals surface area contributed by atoms with Crippen molar-refractivity contribution >= 4 is 17.3 Å². The molecule has 0 unspecified atom stereocenters. The maximum atomic E-state index is 12.4. The Bertz CT molecular complexity index is 815. The second-order valence-corrected chi connectivity index (χ2v) is 8.36. The molecular weight excluding hydrogens is 362 g/mol. The summed E-state index contributed by atoms with van der Waals surface area (Å²) in [5, 5.41) is 2.85. The first-order chi connectivity index (χ1) is 14.2. The van der Waals surface area contributed by atoms with Crippen molar-refractivity contribution in [2.24, 2.45) is 5.92 Å². The van der Waals surface area contributed by atoms with Gasteiger partial charge in [0, 0.05) is 25.2 Å². The second-order valence-electron chi connectivity index (χ2n) is 8.36. The number of nitrogens with two attached hydrogens (primary N) is 1. The van der Waals surface area contributed by atoms with Gasteiger partial charge >= 0.3 is 0 Å². The predicted octanol–water partition coefficient (Wildman–Crippen LogP) is 4.55. The molecule has 29 heavy (non-hydrogen) atoms. The minimum atomic E-state index is -0.172. The largest absolute Gasteiger partial charge is 0.489 e. The number of amides is 1. The van der Waals surface area contributed by atoms with Crippen LogP contribution in [0.3, 0.4) is 0 Å². The van der Waals surface area contributed by atoms with Crippen molar-refractivity contribution < 1.29 is 9.53 Å². The maximum absolute atomic E-state index is 12.4. The molecule has 1 saturated heterocycles. The molecule has 5 nitrogen and oxygen atoms in total. The van der Waals surface area contributed by atoms with Crippen molar-refractivity contribution in [3.8, 4) is 5.75 Å². The van der Waals surface area contributed by atoms with E-state index in [4.69, 9.17) is 10.5 Å². The number of rotatable bonds is 6. The summed E-state index contributed by atoms with van der Waals surface area (Å²) in [5.41, 5.74) is 7.66. The fourth-order valence-corrected chi connectivity index (χ4v) is 4.48. The van der Waals surface area contributed by atoms with Gasteiger partial charge in [0.25, 0.3) is 5.91 Å². The molecule has 3 N–H and O–H groups in total. The Balaban J connectivity index is 1.27. The van der Waals surface area contributed by atoms with Crippen LogP contribution in [-0.4, -0.2) is 36.5 Å². The molecule has 2 aromatic carbocycles. The number of carbonyl (C=O) groups excluding carboxylic acids is 1. The Kier molecular flexibility index (Phi) is 6.35. The van der Waals surface area contributed by atoms with Crippen LogP contribution in [0, 0.1) is 5.92 Å². The quantitative estimate of drug-likeness (QED) is 0.706. The standard InChI is InChI=1S/C24H31N3O2/c25-22-8-4-5-9-23(22)26-24(28)19-10-12-20(13-11-19)29-21-14-15-27(17-21)16-18-6-2-1-3-7-18/h4-5,8-13,18,21H,1-3,6-7,14-17,25H2,(H,26,28)/t21-/m0/s1. The van der Waals surface area contributed by atoms with Crippen molar-refractivity contribution in [1.29, 1.82) is 0 Å². The van der Waals surface area contributed by atoms with Gasteiger partial charge in [0.15, 0.2) is 0 Å². The Labute approximate surface area is 173 Å². The summed E-state index contributed by atoms with van der Waals surface area (Å²) >= 11 is 0. The molecule has 0 radical (unpaired) electrons. The number of hydrogen-bond acceptors (Lipinski definition) is 4. The summed E-state index contributed by atoms with van der Waals surface area (Å²) < 4.78 is 6.17. The molecule has 5 heteroatoms. The molecule has 1 heterocycles. The van der Waals surface area contributed by atoms with Gasteiger partial charge in [0.2, 0.25) is 0 Å². The van der Waals surface area contributed by atoms with Gasteiger partial charge in [-0.05, 0) is 61.6 Å². The minimum absolute atomic E-state index is 0.172. The van der Waals surface area contributed by atoms with Gasteiger partial charge in [-0.1, -0.05) is 31.4 Å².